The highest BCUT2D eigenvalue weighted by molar-refractivity contribution is 7.93. The standard InChI is InChI=1S/C16H26N2O5S/c1-15(2,3)12-9-13(18-23-12)17-14(19)16(4,5)24(20,21)10-11-7-6-8-22-11/h9,11H,6-8,10H2,1-5H3,(H,17,18,19). The molecule has 1 atom stereocenters. The Balaban J connectivity index is 2.10. The molecule has 136 valence electrons. The molecular formula is C16H26N2O5S. The van der Waals surface area contributed by atoms with Crippen LogP contribution in [0.3, 0.4) is 0 Å². The van der Waals surface area contributed by atoms with Gasteiger partial charge in [0.1, 0.15) is 10.5 Å². The van der Waals surface area contributed by atoms with E-state index in [-0.39, 0.29) is 23.1 Å². The van der Waals surface area contributed by atoms with Gasteiger partial charge in [-0.3, -0.25) is 4.79 Å². The van der Waals surface area contributed by atoms with Gasteiger partial charge in [0.2, 0.25) is 5.91 Å². The van der Waals surface area contributed by atoms with Gasteiger partial charge in [-0.15, -0.1) is 0 Å². The third-order valence-corrected chi connectivity index (χ3v) is 6.80. The molecule has 1 aromatic rings. The first-order valence-corrected chi connectivity index (χ1v) is 9.71. The van der Waals surface area contributed by atoms with Crippen molar-refractivity contribution in [1.29, 1.82) is 0 Å². The number of rotatable bonds is 5. The summed E-state index contributed by atoms with van der Waals surface area (Å²) in [4.78, 5) is 12.5. The van der Waals surface area contributed by atoms with Crippen molar-refractivity contribution in [2.75, 3.05) is 17.7 Å². The zero-order chi connectivity index (χ0) is 18.2. The number of hydrogen-bond donors (Lipinski definition) is 1. The van der Waals surface area contributed by atoms with Gasteiger partial charge in [-0.25, -0.2) is 8.42 Å². The number of nitrogens with zero attached hydrogens (tertiary/aromatic N) is 1. The lowest BCUT2D eigenvalue weighted by atomic mass is 9.93. The molecule has 1 aliphatic rings. The average Bonchev–Trinajstić information content (AvgIpc) is 3.08. The van der Waals surface area contributed by atoms with Crippen molar-refractivity contribution in [3.05, 3.63) is 11.8 Å². The highest BCUT2D eigenvalue weighted by Gasteiger charge is 2.43. The first kappa shape index (κ1) is 18.9. The fourth-order valence-corrected chi connectivity index (χ4v) is 3.83. The molecule has 1 amide bonds. The minimum absolute atomic E-state index is 0.153. The molecule has 1 fully saturated rings. The van der Waals surface area contributed by atoms with Gasteiger partial charge in [-0.2, -0.15) is 0 Å². The zero-order valence-electron chi connectivity index (χ0n) is 14.9. The Hall–Kier alpha value is -1.41. The van der Waals surface area contributed by atoms with Crippen LogP contribution in [0.2, 0.25) is 0 Å². The monoisotopic (exact) mass is 358 g/mol. The molecule has 1 aromatic heterocycles. The van der Waals surface area contributed by atoms with E-state index >= 15 is 0 Å². The van der Waals surface area contributed by atoms with Crippen LogP contribution >= 0.6 is 0 Å². The molecule has 7 nitrogen and oxygen atoms in total. The third-order valence-electron chi connectivity index (χ3n) is 4.24. The van der Waals surface area contributed by atoms with Crippen molar-refractivity contribution < 1.29 is 22.5 Å². The number of anilines is 1. The quantitative estimate of drug-likeness (QED) is 0.867. The van der Waals surface area contributed by atoms with Gasteiger partial charge in [-0.1, -0.05) is 25.9 Å². The fourth-order valence-electron chi connectivity index (χ4n) is 2.32. The summed E-state index contributed by atoms with van der Waals surface area (Å²) in [5.41, 5.74) is -0.253. The third kappa shape index (κ3) is 3.97. The maximum atomic E-state index is 12.6. The fraction of sp³-hybridized carbons (Fsp3) is 0.750. The summed E-state index contributed by atoms with van der Waals surface area (Å²) in [6.45, 7) is 9.23. The summed E-state index contributed by atoms with van der Waals surface area (Å²) in [6.07, 6.45) is 1.22. The largest absolute Gasteiger partial charge is 0.377 e. The first-order chi connectivity index (χ1) is 10.9. The minimum atomic E-state index is -3.68. The molecule has 1 unspecified atom stereocenters. The summed E-state index contributed by atoms with van der Waals surface area (Å²) in [5, 5.41) is 6.34. The predicted octanol–water partition coefficient (Wildman–Crippen LogP) is 2.28. The maximum absolute atomic E-state index is 12.6. The molecule has 1 saturated heterocycles. The van der Waals surface area contributed by atoms with E-state index in [0.717, 1.165) is 6.42 Å². The van der Waals surface area contributed by atoms with Crippen LogP contribution in [0, 0.1) is 0 Å². The van der Waals surface area contributed by atoms with Crippen molar-refractivity contribution in [3.8, 4) is 0 Å². The number of amides is 1. The number of nitrogens with one attached hydrogen (secondary N) is 1. The van der Waals surface area contributed by atoms with Crippen LogP contribution < -0.4 is 5.32 Å². The summed E-state index contributed by atoms with van der Waals surface area (Å²) in [5.74, 6) is 0.0387. The SMILES string of the molecule is CC(C)(C)c1cc(NC(=O)C(C)(C)S(=O)(=O)CC2CCCO2)no1. The van der Waals surface area contributed by atoms with Gasteiger partial charge in [0.15, 0.2) is 15.7 Å². The highest BCUT2D eigenvalue weighted by atomic mass is 32.2. The molecular weight excluding hydrogens is 332 g/mol. The highest BCUT2D eigenvalue weighted by Crippen LogP contribution is 2.27. The first-order valence-electron chi connectivity index (χ1n) is 8.06. The van der Waals surface area contributed by atoms with Crippen molar-refractivity contribution in [2.24, 2.45) is 0 Å². The normalized spacial score (nSPS) is 19.5. The van der Waals surface area contributed by atoms with Gasteiger partial charge in [0.05, 0.1) is 11.9 Å². The summed E-state index contributed by atoms with van der Waals surface area (Å²) in [7, 11) is -3.68. The second-order valence-corrected chi connectivity index (χ2v) is 10.3. The Labute approximate surface area is 143 Å². The lowest BCUT2D eigenvalue weighted by molar-refractivity contribution is -0.117. The zero-order valence-corrected chi connectivity index (χ0v) is 15.7. The van der Waals surface area contributed by atoms with Crippen LogP contribution in [0.4, 0.5) is 5.82 Å². The van der Waals surface area contributed by atoms with Crippen LogP contribution in [-0.4, -0.2) is 42.7 Å². The van der Waals surface area contributed by atoms with Crippen molar-refractivity contribution in [1.82, 2.24) is 5.16 Å². The summed E-state index contributed by atoms with van der Waals surface area (Å²) < 4.78 is 34.2. The molecule has 0 saturated carbocycles. The topological polar surface area (TPSA) is 98.5 Å². The molecule has 0 bridgehead atoms. The Morgan fingerprint density at radius 2 is 2.00 bits per heavy atom. The van der Waals surface area contributed by atoms with Crippen molar-refractivity contribution >= 4 is 21.6 Å². The van der Waals surface area contributed by atoms with E-state index < -0.39 is 20.5 Å². The molecule has 2 heterocycles. The van der Waals surface area contributed by atoms with E-state index in [2.05, 4.69) is 10.5 Å². The van der Waals surface area contributed by atoms with Gasteiger partial charge < -0.3 is 14.6 Å². The van der Waals surface area contributed by atoms with E-state index in [9.17, 15) is 13.2 Å². The Morgan fingerprint density at radius 3 is 2.50 bits per heavy atom. The number of ether oxygens (including phenoxy) is 1. The lowest BCUT2D eigenvalue weighted by Crippen LogP contribution is -2.47. The van der Waals surface area contributed by atoms with Crippen LogP contribution in [0.5, 0.6) is 0 Å². The molecule has 1 aliphatic heterocycles. The van der Waals surface area contributed by atoms with Crippen molar-refractivity contribution in [3.63, 3.8) is 0 Å². The molecule has 0 aliphatic carbocycles. The van der Waals surface area contributed by atoms with Crippen LogP contribution in [0.25, 0.3) is 0 Å². The number of carbonyl (C=O) groups excluding carboxylic acids is 1. The van der Waals surface area contributed by atoms with E-state index in [1.54, 1.807) is 6.07 Å². The molecule has 0 radical (unpaired) electrons. The van der Waals surface area contributed by atoms with Gasteiger partial charge in [0.25, 0.3) is 0 Å². The second kappa shape index (κ2) is 6.48. The molecule has 24 heavy (non-hydrogen) atoms. The molecule has 8 heteroatoms. The number of carbonyl (C=O) groups is 1. The number of hydrogen-bond acceptors (Lipinski definition) is 6. The smallest absolute Gasteiger partial charge is 0.246 e. The van der Waals surface area contributed by atoms with Crippen LogP contribution in [-0.2, 0) is 24.8 Å². The minimum Gasteiger partial charge on any atom is -0.377 e. The molecule has 2 rings (SSSR count). The van der Waals surface area contributed by atoms with Gasteiger partial charge in [0, 0.05) is 18.1 Å². The van der Waals surface area contributed by atoms with E-state index in [0.29, 0.717) is 18.8 Å². The maximum Gasteiger partial charge on any atom is 0.246 e. The Kier molecular flexibility index (Phi) is 5.11. The Bertz CT molecular complexity index is 694. The summed E-state index contributed by atoms with van der Waals surface area (Å²) >= 11 is 0. The number of sulfone groups is 1. The number of aromatic nitrogens is 1. The van der Waals surface area contributed by atoms with E-state index in [4.69, 9.17) is 9.26 Å². The second-order valence-electron chi connectivity index (χ2n) is 7.71. The van der Waals surface area contributed by atoms with Crippen LogP contribution in [0.1, 0.15) is 53.2 Å². The van der Waals surface area contributed by atoms with E-state index in [1.807, 2.05) is 20.8 Å². The average molecular weight is 358 g/mol. The van der Waals surface area contributed by atoms with Crippen molar-refractivity contribution in [2.45, 2.75) is 63.7 Å². The molecule has 0 aromatic carbocycles. The summed E-state index contributed by atoms with van der Waals surface area (Å²) in [6, 6.07) is 1.61. The molecule has 0 spiro atoms. The Morgan fingerprint density at radius 1 is 1.33 bits per heavy atom. The van der Waals surface area contributed by atoms with Gasteiger partial charge >= 0.3 is 0 Å². The van der Waals surface area contributed by atoms with E-state index in [1.165, 1.54) is 13.8 Å². The van der Waals surface area contributed by atoms with Crippen LogP contribution in [0.15, 0.2) is 10.6 Å². The predicted molar refractivity (Wildman–Crippen MR) is 90.7 cm³/mol. The van der Waals surface area contributed by atoms with Gasteiger partial charge in [-0.05, 0) is 26.7 Å². The lowest BCUT2D eigenvalue weighted by Gasteiger charge is -2.24. The molecule has 1 N–H and O–H groups in total.